The van der Waals surface area contributed by atoms with Crippen LogP contribution >= 0.6 is 0 Å². The Morgan fingerprint density at radius 2 is 1.81 bits per heavy atom. The predicted octanol–water partition coefficient (Wildman–Crippen LogP) is 4.53. The molecule has 0 spiro atoms. The van der Waals surface area contributed by atoms with Crippen molar-refractivity contribution in [3.8, 4) is 0 Å². The van der Waals surface area contributed by atoms with Crippen molar-refractivity contribution in [3.63, 3.8) is 0 Å². The van der Waals surface area contributed by atoms with Crippen LogP contribution in [0.25, 0.3) is 0 Å². The first-order valence-electron chi connectivity index (χ1n) is 7.53. The molecule has 0 saturated carbocycles. The van der Waals surface area contributed by atoms with Crippen molar-refractivity contribution in [1.82, 2.24) is 5.32 Å². The molecule has 0 fully saturated rings. The number of para-hydroxylation sites is 1. The van der Waals surface area contributed by atoms with Gasteiger partial charge in [0.2, 0.25) is 0 Å². The Kier molecular flexibility index (Phi) is 7.02. The topological polar surface area (TPSA) is 15.3 Å². The van der Waals surface area contributed by atoms with Gasteiger partial charge in [-0.15, -0.1) is 0 Å². The first kappa shape index (κ1) is 17.8. The normalized spacial score (nSPS) is 13.2. The molecular weight excluding hydrogens is 277 g/mol. The minimum Gasteiger partial charge on any atom is -0.362 e. The van der Waals surface area contributed by atoms with Crippen molar-refractivity contribution >= 4 is 5.69 Å². The van der Waals surface area contributed by atoms with Crippen LogP contribution in [-0.4, -0.2) is 25.8 Å². The van der Waals surface area contributed by atoms with Gasteiger partial charge in [0, 0.05) is 18.3 Å². The highest BCUT2D eigenvalue weighted by atomic mass is 19.4. The minimum atomic E-state index is -4.19. The van der Waals surface area contributed by atoms with Gasteiger partial charge in [0.1, 0.15) is 6.54 Å². The van der Waals surface area contributed by atoms with E-state index in [1.165, 1.54) is 4.90 Å². The summed E-state index contributed by atoms with van der Waals surface area (Å²) in [6.45, 7) is 6.30. The lowest BCUT2D eigenvalue weighted by atomic mass is 10.0. The lowest BCUT2D eigenvalue weighted by Gasteiger charge is -2.29. The maximum Gasteiger partial charge on any atom is 0.405 e. The number of alkyl halides is 3. The lowest BCUT2D eigenvalue weighted by Crippen LogP contribution is -2.36. The SMILES string of the molecule is CCCNC(C)c1ccccc1N(CCC)CC(F)(F)F. The Morgan fingerprint density at radius 3 is 2.38 bits per heavy atom. The van der Waals surface area contributed by atoms with Crippen LogP contribution in [0.4, 0.5) is 18.9 Å². The average molecular weight is 302 g/mol. The van der Waals surface area contributed by atoms with Crippen LogP contribution < -0.4 is 10.2 Å². The molecule has 0 heterocycles. The van der Waals surface area contributed by atoms with Crippen LogP contribution in [0.1, 0.15) is 45.2 Å². The van der Waals surface area contributed by atoms with E-state index >= 15 is 0 Å². The number of nitrogens with one attached hydrogen (secondary N) is 1. The third kappa shape index (κ3) is 5.96. The molecule has 120 valence electrons. The zero-order chi connectivity index (χ0) is 15.9. The smallest absolute Gasteiger partial charge is 0.362 e. The zero-order valence-electron chi connectivity index (χ0n) is 13.0. The second-order valence-electron chi connectivity index (χ2n) is 5.27. The molecule has 1 unspecified atom stereocenters. The number of rotatable bonds is 8. The van der Waals surface area contributed by atoms with E-state index in [0.717, 1.165) is 18.5 Å². The maximum absolute atomic E-state index is 12.8. The molecule has 1 atom stereocenters. The number of hydrogen-bond donors (Lipinski definition) is 1. The summed E-state index contributed by atoms with van der Waals surface area (Å²) in [5.41, 5.74) is 1.59. The molecule has 1 N–H and O–H groups in total. The van der Waals surface area contributed by atoms with Gasteiger partial charge in [-0.3, -0.25) is 0 Å². The summed E-state index contributed by atoms with van der Waals surface area (Å²) in [6, 6.07) is 7.39. The van der Waals surface area contributed by atoms with E-state index in [4.69, 9.17) is 0 Å². The molecule has 1 rings (SSSR count). The highest BCUT2D eigenvalue weighted by Gasteiger charge is 2.31. The van der Waals surface area contributed by atoms with Gasteiger partial charge in [0.05, 0.1) is 0 Å². The van der Waals surface area contributed by atoms with Gasteiger partial charge >= 0.3 is 6.18 Å². The van der Waals surface area contributed by atoms with E-state index in [2.05, 4.69) is 12.2 Å². The second kappa shape index (κ2) is 8.27. The van der Waals surface area contributed by atoms with E-state index in [1.807, 2.05) is 26.0 Å². The molecule has 0 bridgehead atoms. The standard InChI is InChI=1S/C16H25F3N2/c1-4-10-20-13(3)14-8-6-7-9-15(14)21(11-5-2)12-16(17,18)19/h6-9,13,20H,4-5,10-12H2,1-3H3. The van der Waals surface area contributed by atoms with E-state index in [9.17, 15) is 13.2 Å². The first-order chi connectivity index (χ1) is 9.89. The van der Waals surface area contributed by atoms with E-state index in [-0.39, 0.29) is 6.04 Å². The molecule has 0 radical (unpaired) electrons. The third-order valence-corrected chi connectivity index (χ3v) is 3.31. The van der Waals surface area contributed by atoms with Crippen LogP contribution in [-0.2, 0) is 0 Å². The van der Waals surface area contributed by atoms with E-state index in [0.29, 0.717) is 18.7 Å². The second-order valence-corrected chi connectivity index (χ2v) is 5.27. The van der Waals surface area contributed by atoms with Crippen molar-refractivity contribution in [2.45, 2.75) is 45.8 Å². The van der Waals surface area contributed by atoms with Crippen LogP contribution in [0, 0.1) is 0 Å². The summed E-state index contributed by atoms with van der Waals surface area (Å²) in [7, 11) is 0. The molecule has 0 amide bonds. The van der Waals surface area contributed by atoms with Crippen LogP contribution in [0.5, 0.6) is 0 Å². The molecule has 5 heteroatoms. The lowest BCUT2D eigenvalue weighted by molar-refractivity contribution is -0.119. The number of halogens is 3. The van der Waals surface area contributed by atoms with Gasteiger partial charge in [-0.05, 0) is 37.9 Å². The minimum absolute atomic E-state index is 0.0359. The molecule has 2 nitrogen and oxygen atoms in total. The van der Waals surface area contributed by atoms with Gasteiger partial charge < -0.3 is 10.2 Å². The van der Waals surface area contributed by atoms with E-state index in [1.54, 1.807) is 12.1 Å². The maximum atomic E-state index is 12.8. The summed E-state index contributed by atoms with van der Waals surface area (Å²) >= 11 is 0. The molecule has 0 aromatic heterocycles. The molecule has 0 saturated heterocycles. The van der Waals surface area contributed by atoms with Gasteiger partial charge in [-0.1, -0.05) is 32.0 Å². The number of nitrogens with zero attached hydrogens (tertiary/aromatic N) is 1. The summed E-state index contributed by atoms with van der Waals surface area (Å²) in [6.07, 6.45) is -2.52. The molecule has 1 aromatic carbocycles. The quantitative estimate of drug-likeness (QED) is 0.759. The number of anilines is 1. The fraction of sp³-hybridized carbons (Fsp3) is 0.625. The fourth-order valence-electron chi connectivity index (χ4n) is 2.38. The molecule has 0 aliphatic carbocycles. The summed E-state index contributed by atoms with van der Waals surface area (Å²) in [5.74, 6) is 0. The third-order valence-electron chi connectivity index (χ3n) is 3.31. The predicted molar refractivity (Wildman–Crippen MR) is 81.7 cm³/mol. The monoisotopic (exact) mass is 302 g/mol. The van der Waals surface area contributed by atoms with Gasteiger partial charge in [-0.25, -0.2) is 0 Å². The van der Waals surface area contributed by atoms with Crippen molar-refractivity contribution in [3.05, 3.63) is 29.8 Å². The van der Waals surface area contributed by atoms with Gasteiger partial charge in [0.25, 0.3) is 0 Å². The number of benzene rings is 1. The molecule has 0 aliphatic heterocycles. The first-order valence-corrected chi connectivity index (χ1v) is 7.53. The van der Waals surface area contributed by atoms with Crippen molar-refractivity contribution in [2.75, 3.05) is 24.5 Å². The molecule has 0 aliphatic rings. The highest BCUT2D eigenvalue weighted by molar-refractivity contribution is 5.55. The van der Waals surface area contributed by atoms with E-state index < -0.39 is 12.7 Å². The van der Waals surface area contributed by atoms with Crippen LogP contribution in [0.15, 0.2) is 24.3 Å². The van der Waals surface area contributed by atoms with Crippen molar-refractivity contribution < 1.29 is 13.2 Å². The molecule has 21 heavy (non-hydrogen) atoms. The Balaban J connectivity index is 3.01. The Morgan fingerprint density at radius 1 is 1.14 bits per heavy atom. The average Bonchev–Trinajstić information content (AvgIpc) is 2.43. The number of hydrogen-bond acceptors (Lipinski definition) is 2. The highest BCUT2D eigenvalue weighted by Crippen LogP contribution is 2.29. The van der Waals surface area contributed by atoms with Gasteiger partial charge in [-0.2, -0.15) is 13.2 Å². The van der Waals surface area contributed by atoms with Crippen molar-refractivity contribution in [2.24, 2.45) is 0 Å². The van der Waals surface area contributed by atoms with Gasteiger partial charge in [0.15, 0.2) is 0 Å². The Bertz CT molecular complexity index is 418. The van der Waals surface area contributed by atoms with Crippen LogP contribution in [0.2, 0.25) is 0 Å². The zero-order valence-corrected chi connectivity index (χ0v) is 13.0. The molecule has 1 aromatic rings. The summed E-state index contributed by atoms with van der Waals surface area (Å²) in [4.78, 5) is 1.43. The Labute approximate surface area is 125 Å². The largest absolute Gasteiger partial charge is 0.405 e. The van der Waals surface area contributed by atoms with Crippen molar-refractivity contribution in [1.29, 1.82) is 0 Å². The summed E-state index contributed by atoms with van der Waals surface area (Å²) < 4.78 is 38.4. The fourth-order valence-corrected chi connectivity index (χ4v) is 2.38. The molecular formula is C16H25F3N2. The summed E-state index contributed by atoms with van der Waals surface area (Å²) in [5, 5.41) is 3.34. The Hall–Kier alpha value is -1.23. The van der Waals surface area contributed by atoms with Crippen LogP contribution in [0.3, 0.4) is 0 Å².